The van der Waals surface area contributed by atoms with Crippen molar-refractivity contribution in [1.82, 2.24) is 15.3 Å². The molecule has 0 radical (unpaired) electrons. The molecule has 3 heterocycles. The number of rotatable bonds is 1. The average molecular weight is 262 g/mol. The lowest BCUT2D eigenvalue weighted by Crippen LogP contribution is -2.57. The van der Waals surface area contributed by atoms with Gasteiger partial charge in [-0.05, 0) is 25.3 Å². The Labute approximate surface area is 112 Å². The zero-order valence-electron chi connectivity index (χ0n) is 11.1. The van der Waals surface area contributed by atoms with Crippen LogP contribution in [-0.4, -0.2) is 47.7 Å². The Kier molecular flexibility index (Phi) is 3.10. The molecule has 2 aliphatic heterocycles. The van der Waals surface area contributed by atoms with Crippen LogP contribution in [0.1, 0.15) is 18.4 Å². The minimum atomic E-state index is -0.185. The van der Waals surface area contributed by atoms with Gasteiger partial charge in [-0.15, -0.1) is 0 Å². The van der Waals surface area contributed by atoms with E-state index in [0.717, 1.165) is 37.4 Å². The van der Waals surface area contributed by atoms with Crippen molar-refractivity contribution in [3.05, 3.63) is 18.0 Å². The number of anilines is 1. The number of hydrogen-bond acceptors (Lipinski definition) is 5. The van der Waals surface area contributed by atoms with E-state index >= 15 is 0 Å². The Morgan fingerprint density at radius 3 is 2.58 bits per heavy atom. The highest BCUT2D eigenvalue weighted by molar-refractivity contribution is 5.78. The second-order valence-corrected chi connectivity index (χ2v) is 5.30. The normalized spacial score (nSPS) is 22.4. The van der Waals surface area contributed by atoms with Gasteiger partial charge >= 0.3 is 0 Å². The molecule has 2 saturated heterocycles. The summed E-state index contributed by atoms with van der Waals surface area (Å²) >= 11 is 0. The first kappa shape index (κ1) is 12.3. The number of amides is 1. The maximum atomic E-state index is 11.1. The SMILES string of the molecule is Cc1cnc(N2CCC3(CC2)CNC(=O)CO3)nc1. The molecule has 1 N–H and O–H groups in total. The third kappa shape index (κ3) is 2.53. The largest absolute Gasteiger partial charge is 0.363 e. The van der Waals surface area contributed by atoms with E-state index in [0.29, 0.717) is 6.54 Å². The first-order chi connectivity index (χ1) is 9.17. The molecule has 1 aromatic rings. The number of ether oxygens (including phenoxy) is 1. The number of hydrogen-bond donors (Lipinski definition) is 1. The molecule has 0 aliphatic carbocycles. The van der Waals surface area contributed by atoms with Gasteiger partial charge in [0.15, 0.2) is 0 Å². The number of piperidine rings is 1. The van der Waals surface area contributed by atoms with Crippen molar-refractivity contribution >= 4 is 11.9 Å². The summed E-state index contributed by atoms with van der Waals surface area (Å²) in [5, 5.41) is 2.89. The lowest BCUT2D eigenvalue weighted by molar-refractivity contribution is -0.146. The molecule has 0 atom stereocenters. The van der Waals surface area contributed by atoms with Gasteiger partial charge in [0.1, 0.15) is 6.61 Å². The van der Waals surface area contributed by atoms with Gasteiger partial charge in [-0.1, -0.05) is 0 Å². The Bertz CT molecular complexity index is 454. The lowest BCUT2D eigenvalue weighted by atomic mass is 9.90. The van der Waals surface area contributed by atoms with E-state index in [-0.39, 0.29) is 18.1 Å². The van der Waals surface area contributed by atoms with Gasteiger partial charge in [0, 0.05) is 32.0 Å². The van der Waals surface area contributed by atoms with Crippen LogP contribution < -0.4 is 10.2 Å². The Morgan fingerprint density at radius 2 is 2.00 bits per heavy atom. The predicted molar refractivity (Wildman–Crippen MR) is 69.9 cm³/mol. The van der Waals surface area contributed by atoms with E-state index in [9.17, 15) is 4.79 Å². The van der Waals surface area contributed by atoms with Crippen LogP contribution in [0.2, 0.25) is 0 Å². The second kappa shape index (κ2) is 4.77. The van der Waals surface area contributed by atoms with Crippen molar-refractivity contribution < 1.29 is 9.53 Å². The fourth-order valence-electron chi connectivity index (χ4n) is 2.56. The molecule has 0 aromatic carbocycles. The molecular formula is C13H18N4O2. The third-order valence-electron chi connectivity index (χ3n) is 3.84. The van der Waals surface area contributed by atoms with E-state index in [2.05, 4.69) is 20.2 Å². The third-order valence-corrected chi connectivity index (χ3v) is 3.84. The molecular weight excluding hydrogens is 244 g/mol. The van der Waals surface area contributed by atoms with Gasteiger partial charge in [-0.2, -0.15) is 0 Å². The van der Waals surface area contributed by atoms with Gasteiger partial charge in [0.05, 0.1) is 5.60 Å². The number of carbonyl (C=O) groups excluding carboxylic acids is 1. The number of nitrogens with one attached hydrogen (secondary N) is 1. The Morgan fingerprint density at radius 1 is 1.32 bits per heavy atom. The predicted octanol–water partition coefficient (Wildman–Crippen LogP) is 0.270. The van der Waals surface area contributed by atoms with Crippen LogP contribution in [0, 0.1) is 6.92 Å². The van der Waals surface area contributed by atoms with Gasteiger partial charge < -0.3 is 15.0 Å². The summed E-state index contributed by atoms with van der Waals surface area (Å²) in [7, 11) is 0. The van der Waals surface area contributed by atoms with Crippen molar-refractivity contribution in [2.24, 2.45) is 0 Å². The quantitative estimate of drug-likeness (QED) is 0.787. The molecule has 1 spiro atoms. The summed E-state index contributed by atoms with van der Waals surface area (Å²) < 4.78 is 5.74. The number of aryl methyl sites for hydroxylation is 1. The summed E-state index contributed by atoms with van der Waals surface area (Å²) in [6, 6.07) is 0. The molecule has 3 rings (SSSR count). The van der Waals surface area contributed by atoms with Crippen LogP contribution in [0.25, 0.3) is 0 Å². The van der Waals surface area contributed by atoms with Gasteiger partial charge in [-0.3, -0.25) is 4.79 Å². The van der Waals surface area contributed by atoms with Crippen molar-refractivity contribution in [3.8, 4) is 0 Å². The van der Waals surface area contributed by atoms with Crippen molar-refractivity contribution in [3.63, 3.8) is 0 Å². The zero-order chi connectivity index (χ0) is 13.3. The van der Waals surface area contributed by atoms with Crippen molar-refractivity contribution in [2.75, 3.05) is 31.1 Å². The molecule has 1 aromatic heterocycles. The van der Waals surface area contributed by atoms with Gasteiger partial charge in [0.2, 0.25) is 11.9 Å². The highest BCUT2D eigenvalue weighted by Crippen LogP contribution is 2.28. The van der Waals surface area contributed by atoms with E-state index in [1.807, 2.05) is 19.3 Å². The molecule has 0 saturated carbocycles. The van der Waals surface area contributed by atoms with Crippen molar-refractivity contribution in [2.45, 2.75) is 25.4 Å². The standard InChI is InChI=1S/C13H18N4O2/c1-10-6-14-12(15-7-10)17-4-2-13(3-5-17)9-16-11(18)8-19-13/h6-7H,2-5,8-9H2,1H3,(H,16,18). The van der Waals surface area contributed by atoms with Crippen LogP contribution >= 0.6 is 0 Å². The van der Waals surface area contributed by atoms with Gasteiger partial charge in [0.25, 0.3) is 0 Å². The average Bonchev–Trinajstić information content (AvgIpc) is 2.44. The highest BCUT2D eigenvalue weighted by Gasteiger charge is 2.39. The summed E-state index contributed by atoms with van der Waals surface area (Å²) in [6.07, 6.45) is 5.46. The maximum Gasteiger partial charge on any atom is 0.246 e. The Balaban J connectivity index is 1.63. The molecule has 6 heteroatoms. The van der Waals surface area contributed by atoms with Crippen LogP contribution in [0.15, 0.2) is 12.4 Å². The smallest absolute Gasteiger partial charge is 0.246 e. The molecule has 1 amide bonds. The summed E-state index contributed by atoms with van der Waals surface area (Å²) in [5.74, 6) is 0.759. The first-order valence-corrected chi connectivity index (χ1v) is 6.61. The van der Waals surface area contributed by atoms with Crippen LogP contribution in [0.5, 0.6) is 0 Å². The fraction of sp³-hybridized carbons (Fsp3) is 0.615. The molecule has 19 heavy (non-hydrogen) atoms. The summed E-state index contributed by atoms with van der Waals surface area (Å²) in [5.41, 5.74) is 0.880. The number of carbonyl (C=O) groups is 1. The van der Waals surface area contributed by atoms with E-state index in [1.165, 1.54) is 0 Å². The molecule has 6 nitrogen and oxygen atoms in total. The van der Waals surface area contributed by atoms with Crippen LogP contribution in [0.3, 0.4) is 0 Å². The zero-order valence-corrected chi connectivity index (χ0v) is 11.1. The fourth-order valence-corrected chi connectivity index (χ4v) is 2.56. The molecule has 0 unspecified atom stereocenters. The molecule has 2 aliphatic rings. The minimum Gasteiger partial charge on any atom is -0.363 e. The monoisotopic (exact) mass is 262 g/mol. The van der Waals surface area contributed by atoms with E-state index in [1.54, 1.807) is 0 Å². The maximum absolute atomic E-state index is 11.1. The number of morpholine rings is 1. The van der Waals surface area contributed by atoms with E-state index in [4.69, 9.17) is 4.74 Å². The van der Waals surface area contributed by atoms with Gasteiger partial charge in [-0.25, -0.2) is 9.97 Å². The molecule has 102 valence electrons. The Hall–Kier alpha value is -1.69. The van der Waals surface area contributed by atoms with Crippen LogP contribution in [-0.2, 0) is 9.53 Å². The summed E-state index contributed by atoms with van der Waals surface area (Å²) in [6.45, 7) is 4.50. The molecule has 2 fully saturated rings. The van der Waals surface area contributed by atoms with E-state index < -0.39 is 0 Å². The number of nitrogens with zero attached hydrogens (tertiary/aromatic N) is 3. The number of aromatic nitrogens is 2. The summed E-state index contributed by atoms with van der Waals surface area (Å²) in [4.78, 5) is 22.0. The van der Waals surface area contributed by atoms with Crippen LogP contribution in [0.4, 0.5) is 5.95 Å². The van der Waals surface area contributed by atoms with Crippen molar-refractivity contribution in [1.29, 1.82) is 0 Å². The highest BCUT2D eigenvalue weighted by atomic mass is 16.5. The first-order valence-electron chi connectivity index (χ1n) is 6.61. The minimum absolute atomic E-state index is 0.0186. The lowest BCUT2D eigenvalue weighted by Gasteiger charge is -2.43. The topological polar surface area (TPSA) is 67.4 Å². The second-order valence-electron chi connectivity index (χ2n) is 5.30. The molecule has 0 bridgehead atoms.